The van der Waals surface area contributed by atoms with Gasteiger partial charge in [-0.15, -0.1) is 0 Å². The molecule has 0 fully saturated rings. The molecule has 0 saturated heterocycles. The van der Waals surface area contributed by atoms with Crippen LogP contribution in [-0.4, -0.2) is 28.4 Å². The van der Waals surface area contributed by atoms with Gasteiger partial charge in [-0.05, 0) is 12.1 Å². The Labute approximate surface area is 159 Å². The molecular formula is C22H23NO4. The molecule has 0 heterocycles. The van der Waals surface area contributed by atoms with Crippen LogP contribution in [0.2, 0.25) is 0 Å². The number of anilines is 3. The fraction of sp³-hybridized carbons (Fsp3) is 0.182. The number of hydrogen-bond donors (Lipinski definition) is 0. The summed E-state index contributed by atoms with van der Waals surface area (Å²) in [5.74, 6) is 2.83. The Morgan fingerprint density at radius 3 is 1.19 bits per heavy atom. The Kier molecular flexibility index (Phi) is 5.71. The second-order valence-electron chi connectivity index (χ2n) is 5.81. The molecule has 0 amide bonds. The predicted molar refractivity (Wildman–Crippen MR) is 107 cm³/mol. The predicted octanol–water partition coefficient (Wildman–Crippen LogP) is 5.19. The van der Waals surface area contributed by atoms with Crippen LogP contribution in [0.25, 0.3) is 0 Å². The van der Waals surface area contributed by atoms with Crippen molar-refractivity contribution in [1.29, 1.82) is 0 Å². The Balaban J connectivity index is 2.22. The van der Waals surface area contributed by atoms with Crippen LogP contribution < -0.4 is 23.8 Å². The van der Waals surface area contributed by atoms with Crippen LogP contribution in [0.4, 0.5) is 17.1 Å². The van der Waals surface area contributed by atoms with Gasteiger partial charge in [-0.25, -0.2) is 0 Å². The Bertz CT molecular complexity index is 796. The van der Waals surface area contributed by atoms with E-state index in [1.54, 1.807) is 28.4 Å². The van der Waals surface area contributed by atoms with Gasteiger partial charge in [0.15, 0.2) is 0 Å². The van der Waals surface area contributed by atoms with Crippen molar-refractivity contribution >= 4 is 17.1 Å². The van der Waals surface area contributed by atoms with Gasteiger partial charge in [-0.1, -0.05) is 18.2 Å². The monoisotopic (exact) mass is 365 g/mol. The normalized spacial score (nSPS) is 10.2. The minimum atomic E-state index is 0.708. The Hall–Kier alpha value is -3.34. The first-order chi connectivity index (χ1) is 13.2. The number of rotatable bonds is 7. The van der Waals surface area contributed by atoms with Gasteiger partial charge in [0.2, 0.25) is 0 Å². The number of ether oxygens (including phenoxy) is 4. The topological polar surface area (TPSA) is 40.2 Å². The van der Waals surface area contributed by atoms with E-state index in [1.807, 2.05) is 66.7 Å². The first-order valence-corrected chi connectivity index (χ1v) is 8.50. The van der Waals surface area contributed by atoms with Crippen molar-refractivity contribution < 1.29 is 18.9 Å². The molecule has 140 valence electrons. The highest BCUT2D eigenvalue weighted by Crippen LogP contribution is 2.41. The third kappa shape index (κ3) is 4.08. The van der Waals surface area contributed by atoms with E-state index in [-0.39, 0.29) is 0 Å². The molecule has 0 spiro atoms. The number of nitrogens with zero attached hydrogens (tertiary/aromatic N) is 1. The van der Waals surface area contributed by atoms with Gasteiger partial charge in [0, 0.05) is 42.1 Å². The zero-order chi connectivity index (χ0) is 19.2. The van der Waals surface area contributed by atoms with Gasteiger partial charge in [0.1, 0.15) is 23.0 Å². The van der Waals surface area contributed by atoms with Crippen molar-refractivity contribution in [2.45, 2.75) is 0 Å². The van der Waals surface area contributed by atoms with Gasteiger partial charge in [0.25, 0.3) is 0 Å². The van der Waals surface area contributed by atoms with Crippen molar-refractivity contribution in [1.82, 2.24) is 0 Å². The van der Waals surface area contributed by atoms with E-state index in [0.29, 0.717) is 23.0 Å². The van der Waals surface area contributed by atoms with Crippen molar-refractivity contribution in [3.8, 4) is 23.0 Å². The summed E-state index contributed by atoms with van der Waals surface area (Å²) >= 11 is 0. The molecule has 0 aliphatic heterocycles. The zero-order valence-corrected chi connectivity index (χ0v) is 15.9. The highest BCUT2D eigenvalue weighted by molar-refractivity contribution is 5.79. The molecule has 0 bridgehead atoms. The minimum absolute atomic E-state index is 0.708. The van der Waals surface area contributed by atoms with Gasteiger partial charge in [0.05, 0.1) is 39.8 Å². The van der Waals surface area contributed by atoms with E-state index < -0.39 is 0 Å². The van der Waals surface area contributed by atoms with E-state index in [2.05, 4.69) is 4.90 Å². The maximum Gasteiger partial charge on any atom is 0.124 e. The Morgan fingerprint density at radius 1 is 0.481 bits per heavy atom. The molecule has 5 nitrogen and oxygen atoms in total. The molecule has 0 aromatic heterocycles. The van der Waals surface area contributed by atoms with Gasteiger partial charge >= 0.3 is 0 Å². The van der Waals surface area contributed by atoms with Gasteiger partial charge in [-0.3, -0.25) is 0 Å². The second kappa shape index (κ2) is 8.36. The average molecular weight is 365 g/mol. The number of hydrogen-bond acceptors (Lipinski definition) is 5. The van der Waals surface area contributed by atoms with Crippen molar-refractivity contribution in [3.63, 3.8) is 0 Å². The summed E-state index contributed by atoms with van der Waals surface area (Å²) in [7, 11) is 6.56. The average Bonchev–Trinajstić information content (AvgIpc) is 2.74. The molecule has 27 heavy (non-hydrogen) atoms. The summed E-state index contributed by atoms with van der Waals surface area (Å²) in [6.45, 7) is 0. The highest BCUT2D eigenvalue weighted by Gasteiger charge is 2.16. The number of para-hydroxylation sites is 1. The summed E-state index contributed by atoms with van der Waals surface area (Å²) < 4.78 is 21.8. The quantitative estimate of drug-likeness (QED) is 0.576. The maximum absolute atomic E-state index is 5.45. The SMILES string of the molecule is COc1cc(OC)cc(N(c2ccccc2)c2cc(OC)cc(OC)c2)c1. The van der Waals surface area contributed by atoms with Crippen molar-refractivity contribution in [2.75, 3.05) is 33.3 Å². The standard InChI is InChI=1S/C22H23NO4/c1-24-19-10-17(11-20(14-19)25-2)23(16-8-6-5-7-9-16)18-12-21(26-3)15-22(13-18)27-4/h5-15H,1-4H3. The smallest absolute Gasteiger partial charge is 0.124 e. The molecule has 0 N–H and O–H groups in total. The summed E-state index contributed by atoms with van der Waals surface area (Å²) in [6, 6.07) is 21.6. The largest absolute Gasteiger partial charge is 0.497 e. The van der Waals surface area contributed by atoms with Crippen LogP contribution in [0.15, 0.2) is 66.7 Å². The van der Waals surface area contributed by atoms with Crippen LogP contribution >= 0.6 is 0 Å². The lowest BCUT2D eigenvalue weighted by molar-refractivity contribution is 0.394. The Morgan fingerprint density at radius 2 is 0.852 bits per heavy atom. The molecular weight excluding hydrogens is 342 g/mol. The van der Waals surface area contributed by atoms with Crippen molar-refractivity contribution in [3.05, 3.63) is 66.7 Å². The fourth-order valence-electron chi connectivity index (χ4n) is 2.87. The van der Waals surface area contributed by atoms with Crippen LogP contribution in [-0.2, 0) is 0 Å². The summed E-state index contributed by atoms with van der Waals surface area (Å²) in [5, 5.41) is 0. The van der Waals surface area contributed by atoms with E-state index in [4.69, 9.17) is 18.9 Å². The number of methoxy groups -OCH3 is 4. The third-order valence-corrected chi connectivity index (χ3v) is 4.20. The van der Waals surface area contributed by atoms with E-state index in [1.165, 1.54) is 0 Å². The summed E-state index contributed by atoms with van der Waals surface area (Å²) in [4.78, 5) is 2.09. The maximum atomic E-state index is 5.45. The van der Waals surface area contributed by atoms with Crippen molar-refractivity contribution in [2.24, 2.45) is 0 Å². The van der Waals surface area contributed by atoms with E-state index in [9.17, 15) is 0 Å². The molecule has 0 atom stereocenters. The molecule has 0 aliphatic rings. The minimum Gasteiger partial charge on any atom is -0.497 e. The first-order valence-electron chi connectivity index (χ1n) is 8.50. The van der Waals surface area contributed by atoms with Crippen LogP contribution in [0.3, 0.4) is 0 Å². The molecule has 0 saturated carbocycles. The summed E-state index contributed by atoms with van der Waals surface area (Å²) in [5.41, 5.74) is 2.78. The first kappa shape index (κ1) is 18.5. The second-order valence-corrected chi connectivity index (χ2v) is 5.81. The fourth-order valence-corrected chi connectivity index (χ4v) is 2.87. The molecule has 0 unspecified atom stereocenters. The third-order valence-electron chi connectivity index (χ3n) is 4.20. The molecule has 0 aliphatic carbocycles. The van der Waals surface area contributed by atoms with E-state index in [0.717, 1.165) is 17.1 Å². The molecule has 0 radical (unpaired) electrons. The van der Waals surface area contributed by atoms with E-state index >= 15 is 0 Å². The molecule has 3 aromatic rings. The highest BCUT2D eigenvalue weighted by atomic mass is 16.5. The van der Waals surface area contributed by atoms with Gasteiger partial charge in [-0.2, -0.15) is 0 Å². The van der Waals surface area contributed by atoms with Crippen LogP contribution in [0.1, 0.15) is 0 Å². The molecule has 3 aromatic carbocycles. The number of benzene rings is 3. The zero-order valence-electron chi connectivity index (χ0n) is 15.9. The lowest BCUT2D eigenvalue weighted by atomic mass is 10.1. The molecule has 3 rings (SSSR count). The lowest BCUT2D eigenvalue weighted by Gasteiger charge is -2.27. The summed E-state index contributed by atoms with van der Waals surface area (Å²) in [6.07, 6.45) is 0. The van der Waals surface area contributed by atoms with Gasteiger partial charge < -0.3 is 23.8 Å². The molecule has 5 heteroatoms. The lowest BCUT2D eigenvalue weighted by Crippen LogP contribution is -2.10. The van der Waals surface area contributed by atoms with Crippen LogP contribution in [0.5, 0.6) is 23.0 Å². The van der Waals surface area contributed by atoms with Crippen LogP contribution in [0, 0.1) is 0 Å².